The minimum absolute atomic E-state index is 0.644. The Morgan fingerprint density at radius 3 is 1.61 bits per heavy atom. The molecular weight excluding hydrogens is 641 g/mol. The molecule has 7 aromatic carbocycles. The van der Waals surface area contributed by atoms with Gasteiger partial charge in [0, 0.05) is 59.2 Å². The van der Waals surface area contributed by atoms with Gasteiger partial charge < -0.3 is 0 Å². The first-order valence-electron chi connectivity index (χ1n) is 17.0. The lowest BCUT2D eigenvalue weighted by Gasteiger charge is -2.11. The van der Waals surface area contributed by atoms with Crippen molar-refractivity contribution >= 4 is 53.2 Å². The Morgan fingerprint density at radius 2 is 0.902 bits per heavy atom. The molecule has 10 rings (SSSR count). The van der Waals surface area contributed by atoms with E-state index in [2.05, 4.69) is 127 Å². The molecule has 0 aliphatic carbocycles. The second-order valence-corrected chi connectivity index (χ2v) is 13.7. The Hall–Kier alpha value is -6.56. The first kappa shape index (κ1) is 29.4. The monoisotopic (exact) mass is 668 g/mol. The highest BCUT2D eigenvalue weighted by Gasteiger charge is 2.18. The van der Waals surface area contributed by atoms with Crippen LogP contribution in [0.1, 0.15) is 0 Å². The molecule has 0 saturated carbocycles. The zero-order valence-corrected chi connectivity index (χ0v) is 28.2. The lowest BCUT2D eigenvalue weighted by Crippen LogP contribution is -2.00. The van der Waals surface area contributed by atoms with Gasteiger partial charge in [-0.2, -0.15) is 0 Å². The number of pyridine rings is 1. The predicted molar refractivity (Wildman–Crippen MR) is 213 cm³/mol. The van der Waals surface area contributed by atoms with Gasteiger partial charge in [0.15, 0.2) is 17.5 Å². The molecule has 0 aliphatic heterocycles. The number of para-hydroxylation sites is 1. The minimum atomic E-state index is 0.644. The molecule has 0 radical (unpaired) electrons. The van der Waals surface area contributed by atoms with Gasteiger partial charge in [0.1, 0.15) is 0 Å². The Morgan fingerprint density at radius 1 is 0.373 bits per heavy atom. The average molecular weight is 669 g/mol. The van der Waals surface area contributed by atoms with Crippen molar-refractivity contribution in [3.63, 3.8) is 0 Å². The standard InChI is InChI=1S/C46H28N4S/c1-4-12-29(13-5-1)30-20-22-33(23-21-30)45-48-44(32-16-8-3-9-17-32)49-46(50-45)34-24-25-41-37(26-34)38-27-36(31-14-6-2-7-15-31)39-28-47-40-19-11-10-18-35(40)42(39)43(38)51-41/h1-28H. The summed E-state index contributed by atoms with van der Waals surface area (Å²) >= 11 is 1.83. The van der Waals surface area contributed by atoms with Crippen molar-refractivity contribution in [3.05, 3.63) is 170 Å². The number of hydrogen-bond acceptors (Lipinski definition) is 5. The van der Waals surface area contributed by atoms with Crippen LogP contribution in [-0.2, 0) is 0 Å². The molecule has 3 aromatic heterocycles. The number of fused-ring (bicyclic) bond motifs is 7. The summed E-state index contributed by atoms with van der Waals surface area (Å²) in [6.45, 7) is 0. The summed E-state index contributed by atoms with van der Waals surface area (Å²) in [5.41, 5.74) is 8.51. The molecule has 0 aliphatic rings. The summed E-state index contributed by atoms with van der Waals surface area (Å²) in [4.78, 5) is 20.0. The summed E-state index contributed by atoms with van der Waals surface area (Å²) in [7, 11) is 0. The van der Waals surface area contributed by atoms with E-state index >= 15 is 0 Å². The van der Waals surface area contributed by atoms with Crippen LogP contribution >= 0.6 is 11.3 Å². The van der Waals surface area contributed by atoms with E-state index in [9.17, 15) is 0 Å². The fraction of sp³-hybridized carbons (Fsp3) is 0. The highest BCUT2D eigenvalue weighted by atomic mass is 32.1. The maximum atomic E-state index is 5.10. The fourth-order valence-corrected chi connectivity index (χ4v) is 8.28. The van der Waals surface area contributed by atoms with Crippen molar-refractivity contribution < 1.29 is 0 Å². The van der Waals surface area contributed by atoms with Crippen molar-refractivity contribution in [2.45, 2.75) is 0 Å². The van der Waals surface area contributed by atoms with Gasteiger partial charge in [0.25, 0.3) is 0 Å². The summed E-state index contributed by atoms with van der Waals surface area (Å²) in [5.74, 6) is 1.94. The smallest absolute Gasteiger partial charge is 0.164 e. The van der Waals surface area contributed by atoms with Crippen LogP contribution < -0.4 is 0 Å². The Labute approximate surface area is 298 Å². The molecular formula is C46H28N4S. The van der Waals surface area contributed by atoms with Gasteiger partial charge in [-0.25, -0.2) is 15.0 Å². The number of nitrogens with zero attached hydrogens (tertiary/aromatic N) is 4. The molecule has 51 heavy (non-hydrogen) atoms. The summed E-state index contributed by atoms with van der Waals surface area (Å²) in [5, 5.41) is 5.97. The van der Waals surface area contributed by atoms with Crippen LogP contribution in [0.3, 0.4) is 0 Å². The van der Waals surface area contributed by atoms with Gasteiger partial charge in [0.2, 0.25) is 0 Å². The molecule has 0 saturated heterocycles. The number of thiophene rings is 1. The van der Waals surface area contributed by atoms with Gasteiger partial charge >= 0.3 is 0 Å². The molecule has 0 N–H and O–H groups in total. The molecule has 0 amide bonds. The predicted octanol–water partition coefficient (Wildman–Crippen LogP) is 12.3. The van der Waals surface area contributed by atoms with Gasteiger partial charge in [-0.1, -0.05) is 133 Å². The molecule has 0 atom stereocenters. The molecule has 5 heteroatoms. The normalized spacial score (nSPS) is 11.5. The molecule has 0 fully saturated rings. The van der Waals surface area contributed by atoms with Crippen molar-refractivity contribution in [2.24, 2.45) is 0 Å². The lowest BCUT2D eigenvalue weighted by atomic mass is 9.94. The van der Waals surface area contributed by atoms with Gasteiger partial charge in [0.05, 0.1) is 5.52 Å². The van der Waals surface area contributed by atoms with Gasteiger partial charge in [-0.05, 0) is 52.6 Å². The van der Waals surface area contributed by atoms with E-state index in [0.717, 1.165) is 38.5 Å². The number of benzene rings is 7. The van der Waals surface area contributed by atoms with Crippen LogP contribution in [0.2, 0.25) is 0 Å². The van der Waals surface area contributed by atoms with Gasteiger partial charge in [-0.3, -0.25) is 4.98 Å². The van der Waals surface area contributed by atoms with Crippen molar-refractivity contribution in [2.75, 3.05) is 0 Å². The van der Waals surface area contributed by atoms with E-state index in [4.69, 9.17) is 19.9 Å². The van der Waals surface area contributed by atoms with Crippen LogP contribution in [0.4, 0.5) is 0 Å². The lowest BCUT2D eigenvalue weighted by molar-refractivity contribution is 1.07. The highest BCUT2D eigenvalue weighted by Crippen LogP contribution is 2.45. The van der Waals surface area contributed by atoms with Crippen LogP contribution in [0.15, 0.2) is 170 Å². The van der Waals surface area contributed by atoms with E-state index in [1.807, 2.05) is 53.9 Å². The molecule has 0 spiro atoms. The topological polar surface area (TPSA) is 51.6 Å². The summed E-state index contributed by atoms with van der Waals surface area (Å²) in [6.07, 6.45) is 2.04. The maximum Gasteiger partial charge on any atom is 0.164 e. The fourth-order valence-electron chi connectivity index (χ4n) is 7.05. The van der Waals surface area contributed by atoms with Gasteiger partial charge in [-0.15, -0.1) is 11.3 Å². The van der Waals surface area contributed by atoms with Crippen LogP contribution in [0, 0.1) is 0 Å². The van der Waals surface area contributed by atoms with Crippen LogP contribution in [-0.4, -0.2) is 19.9 Å². The first-order valence-corrected chi connectivity index (χ1v) is 17.8. The number of aromatic nitrogens is 4. The third-order valence-corrected chi connectivity index (χ3v) is 10.8. The second-order valence-electron chi connectivity index (χ2n) is 12.7. The summed E-state index contributed by atoms with van der Waals surface area (Å²) in [6, 6.07) is 57.0. The van der Waals surface area contributed by atoms with Crippen molar-refractivity contribution in [1.29, 1.82) is 0 Å². The Kier molecular flexibility index (Phi) is 6.96. The number of hydrogen-bond donors (Lipinski definition) is 0. The van der Waals surface area contributed by atoms with E-state index < -0.39 is 0 Å². The first-order chi connectivity index (χ1) is 25.3. The highest BCUT2D eigenvalue weighted by molar-refractivity contribution is 7.26. The maximum absolute atomic E-state index is 5.10. The quantitative estimate of drug-likeness (QED) is 0.171. The molecule has 3 heterocycles. The van der Waals surface area contributed by atoms with Crippen molar-refractivity contribution in [3.8, 4) is 56.4 Å². The molecule has 4 nitrogen and oxygen atoms in total. The zero-order valence-electron chi connectivity index (χ0n) is 27.4. The van der Waals surface area contributed by atoms with E-state index in [1.54, 1.807) is 0 Å². The van der Waals surface area contributed by atoms with E-state index in [0.29, 0.717) is 17.5 Å². The second kappa shape index (κ2) is 12.1. The Bertz CT molecular complexity index is 2890. The largest absolute Gasteiger partial charge is 0.256 e. The van der Waals surface area contributed by atoms with Crippen molar-refractivity contribution in [1.82, 2.24) is 19.9 Å². The van der Waals surface area contributed by atoms with Crippen LogP contribution in [0.5, 0.6) is 0 Å². The minimum Gasteiger partial charge on any atom is -0.256 e. The third kappa shape index (κ3) is 5.14. The molecule has 238 valence electrons. The molecule has 0 bridgehead atoms. The zero-order chi connectivity index (χ0) is 33.7. The Balaban J connectivity index is 1.18. The average Bonchev–Trinajstić information content (AvgIpc) is 3.59. The van der Waals surface area contributed by atoms with Crippen LogP contribution in [0.25, 0.3) is 98.3 Å². The summed E-state index contributed by atoms with van der Waals surface area (Å²) < 4.78 is 2.48. The number of rotatable bonds is 5. The van der Waals surface area contributed by atoms with E-state index in [-0.39, 0.29) is 0 Å². The molecule has 0 unspecified atom stereocenters. The molecule has 10 aromatic rings. The third-order valence-electron chi connectivity index (χ3n) is 9.57. The van der Waals surface area contributed by atoms with E-state index in [1.165, 1.54) is 42.2 Å². The SMILES string of the molecule is c1ccc(-c2ccc(-c3nc(-c4ccccc4)nc(-c4ccc5sc6c(cc(-c7ccccc7)c7cnc8ccccc8c76)c5c4)n3)cc2)cc1.